The first-order valence-electron chi connectivity index (χ1n) is 2.38. The lowest BCUT2D eigenvalue weighted by Gasteiger charge is -2.40. The smallest absolute Gasteiger partial charge is 0.0325 e. The highest BCUT2D eigenvalue weighted by atomic mass is 15.0. The van der Waals surface area contributed by atoms with Crippen molar-refractivity contribution in [3.05, 3.63) is 12.2 Å². The molecule has 1 heterocycles. The van der Waals surface area contributed by atoms with E-state index in [0.717, 1.165) is 12.0 Å². The lowest BCUT2D eigenvalue weighted by Crippen LogP contribution is -2.55. The van der Waals surface area contributed by atoms with Crippen LogP contribution in [0.5, 0.6) is 0 Å². The molecule has 0 amide bonds. The summed E-state index contributed by atoms with van der Waals surface area (Å²) in [6.07, 6.45) is 4.48. The van der Waals surface area contributed by atoms with E-state index in [9.17, 15) is 0 Å². The molecule has 0 bridgehead atoms. The summed E-state index contributed by atoms with van der Waals surface area (Å²) in [4.78, 5) is 0. The van der Waals surface area contributed by atoms with Gasteiger partial charge in [0.2, 0.25) is 0 Å². The molecule has 2 aliphatic rings. The van der Waals surface area contributed by atoms with Crippen molar-refractivity contribution in [1.82, 2.24) is 5.32 Å². The van der Waals surface area contributed by atoms with Crippen LogP contribution in [0.15, 0.2) is 12.2 Å². The first-order chi connectivity index (χ1) is 2.97. The molecule has 2 atom stereocenters. The van der Waals surface area contributed by atoms with Crippen molar-refractivity contribution in [3.8, 4) is 0 Å². The van der Waals surface area contributed by atoms with Gasteiger partial charge in [-0.05, 0) is 0 Å². The minimum atomic E-state index is 0.782. The SMILES string of the molecule is C1=C[C@@H]2NCC12. The van der Waals surface area contributed by atoms with Crippen LogP contribution in [-0.2, 0) is 0 Å². The van der Waals surface area contributed by atoms with E-state index in [1.54, 1.807) is 0 Å². The van der Waals surface area contributed by atoms with Crippen LogP contribution in [0.1, 0.15) is 0 Å². The molecule has 1 unspecified atom stereocenters. The largest absolute Gasteiger partial charge is 0.309 e. The quantitative estimate of drug-likeness (QED) is 0.409. The van der Waals surface area contributed by atoms with Crippen molar-refractivity contribution in [1.29, 1.82) is 0 Å². The molecule has 0 spiro atoms. The molecule has 1 heteroatoms. The van der Waals surface area contributed by atoms with Crippen molar-refractivity contribution < 1.29 is 0 Å². The van der Waals surface area contributed by atoms with Gasteiger partial charge in [-0.25, -0.2) is 0 Å². The van der Waals surface area contributed by atoms with E-state index >= 15 is 0 Å². The van der Waals surface area contributed by atoms with Gasteiger partial charge in [0, 0.05) is 18.5 Å². The Hall–Kier alpha value is -0.300. The zero-order valence-electron chi connectivity index (χ0n) is 3.52. The van der Waals surface area contributed by atoms with Gasteiger partial charge in [0.25, 0.3) is 0 Å². The highest BCUT2D eigenvalue weighted by Crippen LogP contribution is 2.24. The van der Waals surface area contributed by atoms with E-state index in [4.69, 9.17) is 0 Å². The molecule has 0 aromatic rings. The Morgan fingerprint density at radius 3 is 2.33 bits per heavy atom. The maximum atomic E-state index is 3.26. The molecule has 2 rings (SSSR count). The highest BCUT2D eigenvalue weighted by Gasteiger charge is 2.31. The Bertz CT molecular complexity index is 84.1. The van der Waals surface area contributed by atoms with E-state index in [1.807, 2.05) is 0 Å². The lowest BCUT2D eigenvalue weighted by molar-refractivity contribution is 0.302. The molecule has 0 aromatic heterocycles. The Balaban J connectivity index is 2.24. The second-order valence-corrected chi connectivity index (χ2v) is 1.98. The second-order valence-electron chi connectivity index (χ2n) is 1.98. The average molecular weight is 81.1 g/mol. The average Bonchev–Trinajstić information content (AvgIpc) is 1.54. The molecule has 1 nitrogen and oxygen atoms in total. The number of nitrogens with one attached hydrogen (secondary N) is 1. The van der Waals surface area contributed by atoms with Crippen molar-refractivity contribution in [2.45, 2.75) is 6.04 Å². The minimum Gasteiger partial charge on any atom is -0.309 e. The van der Waals surface area contributed by atoms with Gasteiger partial charge in [0.15, 0.2) is 0 Å². The van der Waals surface area contributed by atoms with E-state index in [2.05, 4.69) is 17.5 Å². The van der Waals surface area contributed by atoms with Gasteiger partial charge in [-0.1, -0.05) is 12.2 Å². The molecule has 0 radical (unpaired) electrons. The van der Waals surface area contributed by atoms with Gasteiger partial charge in [-0.15, -0.1) is 0 Å². The standard InChI is InChI=1S/C5H7N/c1-2-5-4(1)3-6-5/h1-2,4-6H,3H2/t4?,5-/m0/s1. The summed E-state index contributed by atoms with van der Waals surface area (Å²) < 4.78 is 0. The van der Waals surface area contributed by atoms with Gasteiger partial charge >= 0.3 is 0 Å². The summed E-state index contributed by atoms with van der Waals surface area (Å²) in [5.41, 5.74) is 0. The fraction of sp³-hybridized carbons (Fsp3) is 0.600. The molecule has 0 aromatic carbocycles. The zero-order chi connectivity index (χ0) is 3.98. The summed E-state index contributed by atoms with van der Waals surface area (Å²) in [7, 11) is 0. The first kappa shape index (κ1) is 2.80. The van der Waals surface area contributed by atoms with Gasteiger partial charge in [0.1, 0.15) is 0 Å². The molecule has 1 saturated heterocycles. The molecule has 1 aliphatic carbocycles. The van der Waals surface area contributed by atoms with Gasteiger partial charge < -0.3 is 5.32 Å². The fourth-order valence-electron chi connectivity index (χ4n) is 0.905. The van der Waals surface area contributed by atoms with Crippen LogP contribution >= 0.6 is 0 Å². The van der Waals surface area contributed by atoms with Gasteiger partial charge in [-0.2, -0.15) is 0 Å². The van der Waals surface area contributed by atoms with Crippen molar-refractivity contribution in [2.24, 2.45) is 5.92 Å². The first-order valence-corrected chi connectivity index (χ1v) is 2.38. The van der Waals surface area contributed by atoms with Gasteiger partial charge in [-0.3, -0.25) is 0 Å². The van der Waals surface area contributed by atoms with Crippen molar-refractivity contribution in [3.63, 3.8) is 0 Å². The predicted molar refractivity (Wildman–Crippen MR) is 24.4 cm³/mol. The number of fused-ring (bicyclic) bond motifs is 1. The van der Waals surface area contributed by atoms with E-state index in [-0.39, 0.29) is 0 Å². The third-order valence-corrected chi connectivity index (χ3v) is 1.62. The number of hydrogen-bond acceptors (Lipinski definition) is 1. The molecule has 32 valence electrons. The second kappa shape index (κ2) is 0.684. The molecule has 0 saturated carbocycles. The molecular weight excluding hydrogens is 74.1 g/mol. The lowest BCUT2D eigenvalue weighted by atomic mass is 9.82. The minimum absolute atomic E-state index is 0.782. The maximum absolute atomic E-state index is 3.26. The Labute approximate surface area is 37.0 Å². The maximum Gasteiger partial charge on any atom is 0.0325 e. The van der Waals surface area contributed by atoms with Gasteiger partial charge in [0.05, 0.1) is 0 Å². The van der Waals surface area contributed by atoms with Crippen LogP contribution in [0.3, 0.4) is 0 Å². The Morgan fingerprint density at radius 2 is 2.33 bits per heavy atom. The van der Waals surface area contributed by atoms with Crippen LogP contribution in [0, 0.1) is 5.92 Å². The van der Waals surface area contributed by atoms with Crippen LogP contribution in [0.4, 0.5) is 0 Å². The van der Waals surface area contributed by atoms with Crippen LogP contribution < -0.4 is 5.32 Å². The molecular formula is C5H7N. The third kappa shape index (κ3) is 0.144. The normalized spacial score (nSPS) is 49.3. The van der Waals surface area contributed by atoms with Crippen molar-refractivity contribution in [2.75, 3.05) is 6.54 Å². The Morgan fingerprint density at radius 1 is 1.50 bits per heavy atom. The predicted octanol–water partition coefficient (Wildman–Crippen LogP) is 0.144. The van der Waals surface area contributed by atoms with Crippen LogP contribution in [0.25, 0.3) is 0 Å². The Kier molecular flexibility index (Phi) is 0.320. The summed E-state index contributed by atoms with van der Waals surface area (Å²) in [6.45, 7) is 1.22. The van der Waals surface area contributed by atoms with E-state index in [1.165, 1.54) is 6.54 Å². The topological polar surface area (TPSA) is 12.0 Å². The van der Waals surface area contributed by atoms with Crippen LogP contribution in [0.2, 0.25) is 0 Å². The van der Waals surface area contributed by atoms with E-state index < -0.39 is 0 Å². The zero-order valence-corrected chi connectivity index (χ0v) is 3.52. The number of hydrogen-bond donors (Lipinski definition) is 1. The fourth-order valence-corrected chi connectivity index (χ4v) is 0.905. The summed E-state index contributed by atoms with van der Waals surface area (Å²) in [6, 6.07) is 0.782. The molecule has 1 aliphatic heterocycles. The summed E-state index contributed by atoms with van der Waals surface area (Å²) >= 11 is 0. The summed E-state index contributed by atoms with van der Waals surface area (Å²) in [5, 5.41) is 3.26. The van der Waals surface area contributed by atoms with Crippen LogP contribution in [-0.4, -0.2) is 12.6 Å². The molecule has 1 N–H and O–H groups in total. The highest BCUT2D eigenvalue weighted by molar-refractivity contribution is 5.20. The summed E-state index contributed by atoms with van der Waals surface area (Å²) in [5.74, 6) is 0.921. The molecule has 6 heavy (non-hydrogen) atoms. The monoisotopic (exact) mass is 81.1 g/mol. The third-order valence-electron chi connectivity index (χ3n) is 1.62. The number of rotatable bonds is 0. The van der Waals surface area contributed by atoms with E-state index in [0.29, 0.717) is 0 Å². The molecule has 1 fully saturated rings. The van der Waals surface area contributed by atoms with Crippen molar-refractivity contribution >= 4 is 0 Å².